The molecule has 1 heterocycles. The van der Waals surface area contributed by atoms with Gasteiger partial charge in [-0.2, -0.15) is 0 Å². The third kappa shape index (κ3) is 4.22. The molecule has 0 bridgehead atoms. The second-order valence-electron chi connectivity index (χ2n) is 5.29. The van der Waals surface area contributed by atoms with E-state index >= 15 is 0 Å². The molecule has 1 fully saturated rings. The molecule has 104 valence electrons. The summed E-state index contributed by atoms with van der Waals surface area (Å²) in [6.07, 6.45) is 2.34. The lowest BCUT2D eigenvalue weighted by molar-refractivity contribution is 0.0939. The molecule has 1 amide bonds. The van der Waals surface area contributed by atoms with Gasteiger partial charge in [0.1, 0.15) is 0 Å². The van der Waals surface area contributed by atoms with Crippen LogP contribution in [0.5, 0.6) is 0 Å². The van der Waals surface area contributed by atoms with Crippen LogP contribution < -0.4 is 5.32 Å². The Kier molecular flexibility index (Phi) is 5.23. The minimum absolute atomic E-state index is 0.0139. The maximum Gasteiger partial charge on any atom is 0.251 e. The second-order valence-corrected chi connectivity index (χ2v) is 5.55. The van der Waals surface area contributed by atoms with Crippen molar-refractivity contribution in [1.82, 2.24) is 10.2 Å². The Balaban J connectivity index is 1.80. The Morgan fingerprint density at radius 3 is 2.53 bits per heavy atom. The Morgan fingerprint density at radius 1 is 1.32 bits per heavy atom. The zero-order valence-corrected chi connectivity index (χ0v) is 12.1. The standard InChI is InChI=1S/C15H21ClN2O/c1-18-8-6-13(7-9-18)11-17-15(19)14-4-2-12(10-16)3-5-14/h2-5,13H,6-11H2,1H3,(H,17,19). The van der Waals surface area contributed by atoms with Crippen LogP contribution in [0.25, 0.3) is 0 Å². The van der Waals surface area contributed by atoms with Crippen LogP contribution >= 0.6 is 11.6 Å². The highest BCUT2D eigenvalue weighted by Crippen LogP contribution is 2.15. The molecular weight excluding hydrogens is 260 g/mol. The molecule has 4 heteroatoms. The van der Waals surface area contributed by atoms with Crippen LogP contribution in [0.3, 0.4) is 0 Å². The Labute approximate surface area is 119 Å². The van der Waals surface area contributed by atoms with Crippen LogP contribution in [-0.4, -0.2) is 37.5 Å². The first kappa shape index (κ1) is 14.4. The zero-order valence-electron chi connectivity index (χ0n) is 11.4. The number of nitrogens with one attached hydrogen (secondary N) is 1. The summed E-state index contributed by atoms with van der Waals surface area (Å²) in [7, 11) is 2.15. The van der Waals surface area contributed by atoms with E-state index in [9.17, 15) is 4.79 Å². The van der Waals surface area contributed by atoms with Gasteiger partial charge in [-0.15, -0.1) is 11.6 Å². The molecule has 0 spiro atoms. The summed E-state index contributed by atoms with van der Waals surface area (Å²) in [5.41, 5.74) is 1.75. The van der Waals surface area contributed by atoms with Gasteiger partial charge >= 0.3 is 0 Å². The summed E-state index contributed by atoms with van der Waals surface area (Å²) < 4.78 is 0. The molecule has 1 aromatic carbocycles. The number of likely N-dealkylation sites (tertiary alicyclic amines) is 1. The van der Waals surface area contributed by atoms with E-state index in [2.05, 4.69) is 17.3 Å². The van der Waals surface area contributed by atoms with Crippen molar-refractivity contribution in [3.05, 3.63) is 35.4 Å². The van der Waals surface area contributed by atoms with Crippen molar-refractivity contribution in [1.29, 1.82) is 0 Å². The Bertz CT molecular complexity index is 411. The molecule has 0 radical (unpaired) electrons. The lowest BCUT2D eigenvalue weighted by Gasteiger charge is -2.28. The van der Waals surface area contributed by atoms with Crippen molar-refractivity contribution in [2.45, 2.75) is 18.7 Å². The number of halogens is 1. The van der Waals surface area contributed by atoms with Gasteiger partial charge in [-0.25, -0.2) is 0 Å². The van der Waals surface area contributed by atoms with E-state index in [1.54, 1.807) is 0 Å². The van der Waals surface area contributed by atoms with Gasteiger partial charge in [0.25, 0.3) is 5.91 Å². The summed E-state index contributed by atoms with van der Waals surface area (Å²) >= 11 is 5.73. The number of hydrogen-bond donors (Lipinski definition) is 1. The monoisotopic (exact) mass is 280 g/mol. The second kappa shape index (κ2) is 6.92. The summed E-state index contributed by atoms with van der Waals surface area (Å²) in [4.78, 5) is 14.3. The van der Waals surface area contributed by atoms with Crippen molar-refractivity contribution in [3.8, 4) is 0 Å². The van der Waals surface area contributed by atoms with Gasteiger partial charge in [-0.3, -0.25) is 4.79 Å². The molecule has 1 N–H and O–H groups in total. The Morgan fingerprint density at radius 2 is 1.95 bits per heavy atom. The molecule has 1 aliphatic heterocycles. The number of carbonyl (C=O) groups is 1. The molecule has 1 aliphatic rings. The van der Waals surface area contributed by atoms with E-state index in [0.717, 1.165) is 25.2 Å². The lowest BCUT2D eigenvalue weighted by Crippen LogP contribution is -2.36. The fraction of sp³-hybridized carbons (Fsp3) is 0.533. The molecule has 1 aromatic rings. The summed E-state index contributed by atoms with van der Waals surface area (Å²) in [5, 5.41) is 3.03. The average Bonchev–Trinajstić information content (AvgIpc) is 2.46. The molecule has 0 unspecified atom stereocenters. The summed E-state index contributed by atoms with van der Waals surface area (Å²) in [6, 6.07) is 7.47. The van der Waals surface area contributed by atoms with Crippen LogP contribution in [-0.2, 0) is 5.88 Å². The van der Waals surface area contributed by atoms with Gasteiger partial charge in [0, 0.05) is 18.0 Å². The molecule has 1 saturated heterocycles. The molecule has 0 aromatic heterocycles. The average molecular weight is 281 g/mol. The van der Waals surface area contributed by atoms with E-state index in [1.807, 2.05) is 24.3 Å². The van der Waals surface area contributed by atoms with E-state index in [1.165, 1.54) is 12.8 Å². The summed E-state index contributed by atoms with van der Waals surface area (Å²) in [5.74, 6) is 1.11. The number of nitrogens with zero attached hydrogens (tertiary/aromatic N) is 1. The lowest BCUT2D eigenvalue weighted by atomic mass is 9.97. The Hall–Kier alpha value is -1.06. The molecule has 0 atom stereocenters. The highest BCUT2D eigenvalue weighted by Gasteiger charge is 2.17. The maximum atomic E-state index is 12.0. The third-order valence-electron chi connectivity index (χ3n) is 3.76. The molecule has 0 aliphatic carbocycles. The van der Waals surface area contributed by atoms with Gasteiger partial charge in [-0.1, -0.05) is 12.1 Å². The predicted octanol–water partition coefficient (Wildman–Crippen LogP) is 2.50. The van der Waals surface area contributed by atoms with Gasteiger partial charge in [0.05, 0.1) is 0 Å². The number of hydrogen-bond acceptors (Lipinski definition) is 2. The predicted molar refractivity (Wildman–Crippen MR) is 78.6 cm³/mol. The van der Waals surface area contributed by atoms with Crippen LogP contribution in [0.1, 0.15) is 28.8 Å². The van der Waals surface area contributed by atoms with Gasteiger partial charge < -0.3 is 10.2 Å². The van der Waals surface area contributed by atoms with Crippen LogP contribution in [0.4, 0.5) is 0 Å². The number of benzene rings is 1. The highest BCUT2D eigenvalue weighted by atomic mass is 35.5. The van der Waals surface area contributed by atoms with Crippen molar-refractivity contribution in [3.63, 3.8) is 0 Å². The van der Waals surface area contributed by atoms with E-state index in [4.69, 9.17) is 11.6 Å². The van der Waals surface area contributed by atoms with E-state index in [0.29, 0.717) is 17.4 Å². The van der Waals surface area contributed by atoms with E-state index in [-0.39, 0.29) is 5.91 Å². The third-order valence-corrected chi connectivity index (χ3v) is 4.07. The zero-order chi connectivity index (χ0) is 13.7. The number of piperidine rings is 1. The van der Waals surface area contributed by atoms with Crippen molar-refractivity contribution < 1.29 is 4.79 Å². The fourth-order valence-corrected chi connectivity index (χ4v) is 2.53. The van der Waals surface area contributed by atoms with Crippen molar-refractivity contribution >= 4 is 17.5 Å². The molecule has 19 heavy (non-hydrogen) atoms. The van der Waals surface area contributed by atoms with Crippen LogP contribution in [0.15, 0.2) is 24.3 Å². The maximum absolute atomic E-state index is 12.0. The quantitative estimate of drug-likeness (QED) is 0.860. The topological polar surface area (TPSA) is 32.3 Å². The first-order valence-corrected chi connectivity index (χ1v) is 7.34. The normalized spacial score (nSPS) is 17.4. The minimum Gasteiger partial charge on any atom is -0.352 e. The van der Waals surface area contributed by atoms with Gasteiger partial charge in [0.2, 0.25) is 0 Å². The number of rotatable bonds is 4. The molecule has 2 rings (SSSR count). The minimum atomic E-state index is 0.0139. The molecule has 0 saturated carbocycles. The highest BCUT2D eigenvalue weighted by molar-refractivity contribution is 6.17. The van der Waals surface area contributed by atoms with Gasteiger partial charge in [0.15, 0.2) is 0 Å². The van der Waals surface area contributed by atoms with E-state index < -0.39 is 0 Å². The number of alkyl halides is 1. The number of carbonyl (C=O) groups excluding carboxylic acids is 1. The molecule has 3 nitrogen and oxygen atoms in total. The molecular formula is C15H21ClN2O. The summed E-state index contributed by atoms with van der Waals surface area (Å²) in [6.45, 7) is 3.04. The first-order valence-electron chi connectivity index (χ1n) is 6.80. The van der Waals surface area contributed by atoms with Crippen LogP contribution in [0.2, 0.25) is 0 Å². The SMILES string of the molecule is CN1CCC(CNC(=O)c2ccc(CCl)cc2)CC1. The first-order chi connectivity index (χ1) is 9.19. The van der Waals surface area contributed by atoms with Crippen LogP contribution in [0, 0.1) is 5.92 Å². The largest absolute Gasteiger partial charge is 0.352 e. The number of amides is 1. The van der Waals surface area contributed by atoms with Crippen molar-refractivity contribution in [2.75, 3.05) is 26.7 Å². The fourth-order valence-electron chi connectivity index (χ4n) is 2.35. The van der Waals surface area contributed by atoms with Gasteiger partial charge in [-0.05, 0) is 56.6 Å². The smallest absolute Gasteiger partial charge is 0.251 e. The van der Waals surface area contributed by atoms with Crippen molar-refractivity contribution in [2.24, 2.45) is 5.92 Å².